The standard InChI is InChI=1S/C8H7F2N5O2.C8H15N/c9-8(10)17-7-1-4(14-15-7)12-5-2-11-3-6(16)13-5;1-3-7-5-2-6-8(4-1)9-7/h1-3,8H,(H3,12,13,14,15,16);7-9H,1-6H2. The smallest absolute Gasteiger partial charge is 0.388 e. The Labute approximate surface area is 148 Å². The van der Waals surface area contributed by atoms with Gasteiger partial charge in [0, 0.05) is 18.2 Å². The third-order valence-corrected chi connectivity index (χ3v) is 4.37. The predicted octanol–water partition coefficient (Wildman–Crippen LogP) is 2.52. The number of aromatic amines is 2. The van der Waals surface area contributed by atoms with Crippen molar-refractivity contribution in [3.05, 3.63) is 28.8 Å². The van der Waals surface area contributed by atoms with Crippen molar-refractivity contribution in [3.8, 4) is 5.88 Å². The number of alkyl halides is 2. The first-order valence-electron chi connectivity index (χ1n) is 8.66. The number of H-pyrrole nitrogens is 2. The first-order valence-corrected chi connectivity index (χ1v) is 8.66. The van der Waals surface area contributed by atoms with Gasteiger partial charge in [-0.15, -0.1) is 5.10 Å². The Hall–Kier alpha value is -2.49. The third-order valence-electron chi connectivity index (χ3n) is 4.37. The van der Waals surface area contributed by atoms with E-state index in [0.717, 1.165) is 18.3 Å². The van der Waals surface area contributed by atoms with Crippen LogP contribution in [0.3, 0.4) is 0 Å². The molecule has 0 aromatic carbocycles. The molecule has 0 aliphatic carbocycles. The number of hydrogen-bond donors (Lipinski definition) is 4. The lowest BCUT2D eigenvalue weighted by Gasteiger charge is -2.35. The van der Waals surface area contributed by atoms with Crippen LogP contribution in [0.1, 0.15) is 38.5 Å². The summed E-state index contributed by atoms with van der Waals surface area (Å²) in [4.78, 5) is 17.0. The molecule has 0 radical (unpaired) electrons. The van der Waals surface area contributed by atoms with Crippen LogP contribution in [0.15, 0.2) is 23.3 Å². The highest BCUT2D eigenvalue weighted by Crippen LogP contribution is 2.24. The summed E-state index contributed by atoms with van der Waals surface area (Å²) in [5.74, 6) is 0.322. The number of piperidine rings is 2. The molecule has 2 saturated heterocycles. The zero-order chi connectivity index (χ0) is 18.4. The minimum Gasteiger partial charge on any atom is -0.415 e. The summed E-state index contributed by atoms with van der Waals surface area (Å²) in [7, 11) is 0. The molecule has 26 heavy (non-hydrogen) atoms. The minimum atomic E-state index is -2.94. The van der Waals surface area contributed by atoms with Gasteiger partial charge in [-0.25, -0.2) is 0 Å². The Morgan fingerprint density at radius 1 is 1.12 bits per heavy atom. The van der Waals surface area contributed by atoms with Gasteiger partial charge in [-0.3, -0.25) is 14.9 Å². The maximum atomic E-state index is 11.9. The lowest BCUT2D eigenvalue weighted by atomic mass is 9.87. The van der Waals surface area contributed by atoms with Crippen molar-refractivity contribution in [2.24, 2.45) is 0 Å². The van der Waals surface area contributed by atoms with Crippen LogP contribution in [0.2, 0.25) is 0 Å². The van der Waals surface area contributed by atoms with Gasteiger partial charge in [0.2, 0.25) is 5.88 Å². The Morgan fingerprint density at radius 2 is 1.81 bits per heavy atom. The van der Waals surface area contributed by atoms with E-state index in [9.17, 15) is 13.6 Å². The second kappa shape index (κ2) is 8.75. The average Bonchev–Trinajstić information content (AvgIpc) is 3.02. The predicted molar refractivity (Wildman–Crippen MR) is 91.8 cm³/mol. The van der Waals surface area contributed by atoms with Gasteiger partial charge in [0.05, 0.1) is 12.4 Å². The van der Waals surface area contributed by atoms with E-state index in [4.69, 9.17) is 0 Å². The van der Waals surface area contributed by atoms with Crippen LogP contribution >= 0.6 is 0 Å². The first kappa shape index (κ1) is 18.3. The van der Waals surface area contributed by atoms with Gasteiger partial charge in [-0.1, -0.05) is 12.8 Å². The zero-order valence-corrected chi connectivity index (χ0v) is 14.2. The van der Waals surface area contributed by atoms with Crippen molar-refractivity contribution in [1.29, 1.82) is 0 Å². The van der Waals surface area contributed by atoms with Crippen LogP contribution in [0.5, 0.6) is 5.88 Å². The molecular formula is C16H22F2N6O2. The summed E-state index contributed by atoms with van der Waals surface area (Å²) in [6.45, 7) is -2.94. The van der Waals surface area contributed by atoms with Crippen molar-refractivity contribution in [2.75, 3.05) is 5.32 Å². The summed E-state index contributed by atoms with van der Waals surface area (Å²) >= 11 is 0. The second-order valence-corrected chi connectivity index (χ2v) is 6.36. The number of aromatic nitrogens is 4. The molecule has 0 unspecified atom stereocenters. The Kier molecular flexibility index (Phi) is 6.16. The highest BCUT2D eigenvalue weighted by molar-refractivity contribution is 5.51. The van der Waals surface area contributed by atoms with E-state index in [1.807, 2.05) is 0 Å². The normalized spacial score (nSPS) is 21.7. The Balaban J connectivity index is 0.000000181. The Bertz CT molecular complexity index is 730. The largest absolute Gasteiger partial charge is 0.415 e. The topological polar surface area (TPSA) is 108 Å². The number of nitrogens with one attached hydrogen (secondary N) is 4. The molecular weight excluding hydrogens is 346 g/mol. The fraction of sp³-hybridized carbons (Fsp3) is 0.562. The number of rotatable bonds is 4. The molecule has 2 aromatic rings. The molecule has 2 aliphatic rings. The van der Waals surface area contributed by atoms with Crippen molar-refractivity contribution in [1.82, 2.24) is 25.5 Å². The van der Waals surface area contributed by atoms with Gasteiger partial charge >= 0.3 is 6.61 Å². The first-order chi connectivity index (χ1) is 12.6. The molecule has 2 aliphatic heterocycles. The van der Waals surface area contributed by atoms with E-state index in [1.54, 1.807) is 0 Å². The quantitative estimate of drug-likeness (QED) is 0.661. The number of anilines is 2. The highest BCUT2D eigenvalue weighted by Gasteiger charge is 2.24. The monoisotopic (exact) mass is 368 g/mol. The molecule has 142 valence electrons. The van der Waals surface area contributed by atoms with Gasteiger partial charge < -0.3 is 20.4 Å². The number of fused-ring (bicyclic) bond motifs is 2. The molecule has 4 heterocycles. The van der Waals surface area contributed by atoms with E-state index in [0.29, 0.717) is 5.82 Å². The third kappa shape index (κ3) is 5.51. The number of nitrogens with zero attached hydrogens (tertiary/aromatic N) is 2. The van der Waals surface area contributed by atoms with E-state index < -0.39 is 12.2 Å². The van der Waals surface area contributed by atoms with Crippen molar-refractivity contribution in [3.63, 3.8) is 0 Å². The van der Waals surface area contributed by atoms with Crippen LogP contribution in [0.4, 0.5) is 20.4 Å². The fourth-order valence-electron chi connectivity index (χ4n) is 3.28. The SMILES string of the molecule is C1CC2CCCC(C1)N2.O=c1cncc(Nc2cc(OC(F)F)n[nH]2)[nH]1. The molecule has 2 aromatic heterocycles. The maximum absolute atomic E-state index is 11.9. The van der Waals surface area contributed by atoms with E-state index >= 15 is 0 Å². The number of ether oxygens (including phenoxy) is 1. The summed E-state index contributed by atoms with van der Waals surface area (Å²) < 4.78 is 27.8. The van der Waals surface area contributed by atoms with Crippen LogP contribution < -0.4 is 20.9 Å². The summed E-state index contributed by atoms with van der Waals surface area (Å²) in [5, 5.41) is 12.2. The van der Waals surface area contributed by atoms with E-state index in [2.05, 4.69) is 35.5 Å². The van der Waals surface area contributed by atoms with Gasteiger partial charge in [-0.2, -0.15) is 8.78 Å². The molecule has 2 bridgehead atoms. The van der Waals surface area contributed by atoms with Crippen LogP contribution in [0.25, 0.3) is 0 Å². The summed E-state index contributed by atoms with van der Waals surface area (Å²) in [5.41, 5.74) is -0.390. The van der Waals surface area contributed by atoms with Crippen molar-refractivity contribution >= 4 is 11.6 Å². The lowest BCUT2D eigenvalue weighted by molar-refractivity contribution is -0.0528. The summed E-state index contributed by atoms with van der Waals surface area (Å²) in [6, 6.07) is 3.02. The van der Waals surface area contributed by atoms with Gasteiger partial charge in [0.25, 0.3) is 5.56 Å². The Morgan fingerprint density at radius 3 is 2.38 bits per heavy atom. The molecule has 0 amide bonds. The van der Waals surface area contributed by atoms with E-state index in [1.165, 1.54) is 50.8 Å². The zero-order valence-electron chi connectivity index (χ0n) is 14.2. The summed E-state index contributed by atoms with van der Waals surface area (Å²) in [6.07, 6.45) is 11.2. The average molecular weight is 368 g/mol. The van der Waals surface area contributed by atoms with Gasteiger partial charge in [0.15, 0.2) is 0 Å². The van der Waals surface area contributed by atoms with Crippen LogP contribution in [-0.4, -0.2) is 38.9 Å². The molecule has 0 atom stereocenters. The second-order valence-electron chi connectivity index (χ2n) is 6.36. The number of halogens is 2. The van der Waals surface area contributed by atoms with Crippen LogP contribution in [0, 0.1) is 0 Å². The van der Waals surface area contributed by atoms with Crippen molar-refractivity contribution in [2.45, 2.75) is 57.2 Å². The highest BCUT2D eigenvalue weighted by atomic mass is 19.3. The molecule has 10 heteroatoms. The van der Waals surface area contributed by atoms with Crippen LogP contribution in [-0.2, 0) is 0 Å². The lowest BCUT2D eigenvalue weighted by Crippen LogP contribution is -2.45. The molecule has 0 spiro atoms. The molecule has 2 fully saturated rings. The number of hydrogen-bond acceptors (Lipinski definition) is 6. The molecule has 4 rings (SSSR count). The molecule has 8 nitrogen and oxygen atoms in total. The van der Waals surface area contributed by atoms with Crippen molar-refractivity contribution < 1.29 is 13.5 Å². The van der Waals surface area contributed by atoms with Gasteiger partial charge in [-0.05, 0) is 25.7 Å². The maximum Gasteiger partial charge on any atom is 0.388 e. The minimum absolute atomic E-state index is 0.256. The van der Waals surface area contributed by atoms with E-state index in [-0.39, 0.29) is 11.7 Å². The molecule has 0 saturated carbocycles. The fourth-order valence-corrected chi connectivity index (χ4v) is 3.28. The molecule has 4 N–H and O–H groups in total. The van der Waals surface area contributed by atoms with Gasteiger partial charge in [0.1, 0.15) is 11.6 Å².